The number of carbonyl (C=O) groups excluding carboxylic acids is 1. The maximum atomic E-state index is 12.3. The van der Waals surface area contributed by atoms with E-state index in [-0.39, 0.29) is 28.4 Å². The molecule has 2 heterocycles. The molecule has 1 unspecified atom stereocenters. The van der Waals surface area contributed by atoms with Crippen LogP contribution >= 0.6 is 11.6 Å². The van der Waals surface area contributed by atoms with Gasteiger partial charge in [-0.25, -0.2) is 4.98 Å². The number of nitrogens with zero attached hydrogens (tertiary/aromatic N) is 3. The summed E-state index contributed by atoms with van der Waals surface area (Å²) < 4.78 is 0. The van der Waals surface area contributed by atoms with Crippen molar-refractivity contribution in [1.29, 1.82) is 0 Å². The lowest BCUT2D eigenvalue weighted by atomic mass is 10.2. The molecule has 1 amide bonds. The third-order valence-corrected chi connectivity index (χ3v) is 3.48. The summed E-state index contributed by atoms with van der Waals surface area (Å²) in [4.78, 5) is 27.7. The number of carbonyl (C=O) groups is 1. The normalized spacial score (nSPS) is 18.6. The summed E-state index contributed by atoms with van der Waals surface area (Å²) in [6, 6.07) is 1.12. The molecule has 0 aliphatic carbocycles. The topological polar surface area (TPSA) is 102 Å². The van der Waals surface area contributed by atoms with Crippen LogP contribution in [0.25, 0.3) is 0 Å². The lowest BCUT2D eigenvalue weighted by molar-refractivity contribution is -0.385. The van der Waals surface area contributed by atoms with Crippen LogP contribution in [-0.2, 0) is 0 Å². The number of hydrogen-bond donors (Lipinski definition) is 1. The van der Waals surface area contributed by atoms with E-state index >= 15 is 0 Å². The van der Waals surface area contributed by atoms with E-state index < -0.39 is 4.92 Å². The van der Waals surface area contributed by atoms with E-state index in [4.69, 9.17) is 17.3 Å². The minimum atomic E-state index is -0.607. The van der Waals surface area contributed by atoms with Gasteiger partial charge in [0.05, 0.1) is 10.5 Å². The second-order valence-corrected chi connectivity index (χ2v) is 4.68. The van der Waals surface area contributed by atoms with Gasteiger partial charge in [0.1, 0.15) is 11.3 Å². The summed E-state index contributed by atoms with van der Waals surface area (Å²) in [6.07, 6.45) is 2.74. The molecule has 0 saturated carbocycles. The average molecular weight is 285 g/mol. The molecule has 1 aromatic heterocycles. The Kier molecular flexibility index (Phi) is 3.96. The van der Waals surface area contributed by atoms with Crippen molar-refractivity contribution in [3.63, 3.8) is 0 Å². The summed E-state index contributed by atoms with van der Waals surface area (Å²) >= 11 is 5.85. The number of nitrogens with two attached hydrogens (primary N) is 1. The Morgan fingerprint density at radius 1 is 1.68 bits per heavy atom. The predicted molar refractivity (Wildman–Crippen MR) is 69.0 cm³/mol. The third kappa shape index (κ3) is 2.66. The zero-order valence-electron chi connectivity index (χ0n) is 10.1. The second kappa shape index (κ2) is 5.50. The van der Waals surface area contributed by atoms with Crippen LogP contribution in [0.2, 0.25) is 5.15 Å². The van der Waals surface area contributed by atoms with Crippen LogP contribution in [0.3, 0.4) is 0 Å². The van der Waals surface area contributed by atoms with Gasteiger partial charge < -0.3 is 10.6 Å². The molecule has 1 atom stereocenters. The number of nitro groups is 1. The summed E-state index contributed by atoms with van der Waals surface area (Å²) in [5.41, 5.74) is 5.40. The Bertz CT molecular complexity index is 523. The number of likely N-dealkylation sites (tertiary alicyclic amines) is 1. The van der Waals surface area contributed by atoms with Crippen LogP contribution < -0.4 is 5.73 Å². The van der Waals surface area contributed by atoms with E-state index in [1.54, 1.807) is 4.90 Å². The third-order valence-electron chi connectivity index (χ3n) is 3.18. The molecule has 1 aromatic rings. The van der Waals surface area contributed by atoms with Crippen LogP contribution in [0.4, 0.5) is 5.69 Å². The number of hydrogen-bond acceptors (Lipinski definition) is 5. The minimum Gasteiger partial charge on any atom is -0.334 e. The first kappa shape index (κ1) is 13.7. The zero-order chi connectivity index (χ0) is 14.0. The van der Waals surface area contributed by atoms with Crippen LogP contribution in [0.15, 0.2) is 12.3 Å². The van der Waals surface area contributed by atoms with Crippen molar-refractivity contribution in [3.05, 3.63) is 33.1 Å². The van der Waals surface area contributed by atoms with E-state index in [1.807, 2.05) is 0 Å². The summed E-state index contributed by atoms with van der Waals surface area (Å²) in [5.74, 6) is -0.353. The summed E-state index contributed by atoms with van der Waals surface area (Å²) in [6.45, 7) is 0.950. The molecule has 0 bridgehead atoms. The van der Waals surface area contributed by atoms with Gasteiger partial charge in [-0.1, -0.05) is 11.6 Å². The zero-order valence-corrected chi connectivity index (χ0v) is 10.8. The molecule has 0 radical (unpaired) electrons. The lowest BCUT2D eigenvalue weighted by Crippen LogP contribution is -2.40. The highest BCUT2D eigenvalue weighted by atomic mass is 35.5. The Balaban J connectivity index is 2.32. The number of pyridine rings is 1. The molecule has 2 rings (SSSR count). The number of aromatic nitrogens is 1. The van der Waals surface area contributed by atoms with Crippen molar-refractivity contribution in [2.24, 2.45) is 5.73 Å². The Morgan fingerprint density at radius 2 is 2.42 bits per heavy atom. The van der Waals surface area contributed by atoms with Crippen LogP contribution in [0.5, 0.6) is 0 Å². The number of amides is 1. The largest absolute Gasteiger partial charge is 0.334 e. The van der Waals surface area contributed by atoms with Gasteiger partial charge in [0.2, 0.25) is 0 Å². The van der Waals surface area contributed by atoms with Gasteiger partial charge in [0.25, 0.3) is 11.6 Å². The monoisotopic (exact) mass is 284 g/mol. The van der Waals surface area contributed by atoms with Gasteiger partial charge in [0, 0.05) is 25.2 Å². The van der Waals surface area contributed by atoms with Crippen molar-refractivity contribution in [1.82, 2.24) is 9.88 Å². The van der Waals surface area contributed by atoms with Crippen LogP contribution in [-0.4, -0.2) is 39.8 Å². The molecule has 1 fully saturated rings. The molecule has 1 aliphatic heterocycles. The Morgan fingerprint density at radius 3 is 3.05 bits per heavy atom. The van der Waals surface area contributed by atoms with Crippen LogP contribution in [0.1, 0.15) is 23.2 Å². The van der Waals surface area contributed by atoms with Crippen molar-refractivity contribution in [2.75, 3.05) is 13.1 Å². The average Bonchev–Trinajstić information content (AvgIpc) is 2.86. The highest BCUT2D eigenvalue weighted by Crippen LogP contribution is 2.24. The Labute approximate surface area is 114 Å². The number of halogens is 1. The smallest absolute Gasteiger partial charge is 0.288 e. The first-order chi connectivity index (χ1) is 9.04. The molecule has 1 aliphatic rings. The minimum absolute atomic E-state index is 0.0294. The maximum Gasteiger partial charge on any atom is 0.288 e. The lowest BCUT2D eigenvalue weighted by Gasteiger charge is -2.23. The van der Waals surface area contributed by atoms with Gasteiger partial charge in [-0.05, 0) is 12.8 Å². The molecule has 102 valence electrons. The van der Waals surface area contributed by atoms with Gasteiger partial charge in [-0.2, -0.15) is 0 Å². The van der Waals surface area contributed by atoms with E-state index in [0.717, 1.165) is 25.1 Å². The van der Waals surface area contributed by atoms with Gasteiger partial charge >= 0.3 is 0 Å². The fourth-order valence-electron chi connectivity index (χ4n) is 2.19. The van der Waals surface area contributed by atoms with Crippen molar-refractivity contribution < 1.29 is 9.72 Å². The first-order valence-corrected chi connectivity index (χ1v) is 6.23. The van der Waals surface area contributed by atoms with E-state index in [2.05, 4.69) is 4.98 Å². The SMILES string of the molecule is NCC1CCCN1C(=O)c1cc([N+](=O)[O-])cnc1Cl. The van der Waals surface area contributed by atoms with Gasteiger partial charge in [-0.3, -0.25) is 14.9 Å². The van der Waals surface area contributed by atoms with Gasteiger partial charge in [0.15, 0.2) is 0 Å². The molecule has 2 N–H and O–H groups in total. The maximum absolute atomic E-state index is 12.3. The predicted octanol–water partition coefficient (Wildman–Crippen LogP) is 1.21. The van der Waals surface area contributed by atoms with E-state index in [0.29, 0.717) is 13.1 Å². The molecule has 7 nitrogen and oxygen atoms in total. The highest BCUT2D eigenvalue weighted by molar-refractivity contribution is 6.32. The summed E-state index contributed by atoms with van der Waals surface area (Å²) in [5, 5.41) is 10.7. The molecule has 8 heteroatoms. The fourth-order valence-corrected chi connectivity index (χ4v) is 2.37. The standard InChI is InChI=1S/C11H13ClN4O3/c12-10-9(4-8(6-14-10)16(18)19)11(17)15-3-1-2-7(15)5-13/h4,6-7H,1-3,5,13H2. The van der Waals surface area contributed by atoms with E-state index in [1.165, 1.54) is 0 Å². The Hall–Kier alpha value is -1.73. The first-order valence-electron chi connectivity index (χ1n) is 5.85. The second-order valence-electron chi connectivity index (χ2n) is 4.32. The van der Waals surface area contributed by atoms with Crippen molar-refractivity contribution >= 4 is 23.2 Å². The molecule has 1 saturated heterocycles. The highest BCUT2D eigenvalue weighted by Gasteiger charge is 2.30. The number of rotatable bonds is 3. The van der Waals surface area contributed by atoms with Gasteiger partial charge in [-0.15, -0.1) is 0 Å². The fraction of sp³-hybridized carbons (Fsp3) is 0.455. The quantitative estimate of drug-likeness (QED) is 0.510. The molecular formula is C11H13ClN4O3. The molecule has 19 heavy (non-hydrogen) atoms. The van der Waals surface area contributed by atoms with Crippen LogP contribution in [0, 0.1) is 10.1 Å². The molecular weight excluding hydrogens is 272 g/mol. The molecule has 0 spiro atoms. The summed E-state index contributed by atoms with van der Waals surface area (Å²) in [7, 11) is 0. The molecule has 0 aromatic carbocycles. The van der Waals surface area contributed by atoms with Crippen molar-refractivity contribution in [3.8, 4) is 0 Å². The van der Waals surface area contributed by atoms with Crippen molar-refractivity contribution in [2.45, 2.75) is 18.9 Å². The van der Waals surface area contributed by atoms with E-state index in [9.17, 15) is 14.9 Å².